The van der Waals surface area contributed by atoms with Crippen molar-refractivity contribution >= 4 is 17.9 Å². The average Bonchev–Trinajstić information content (AvgIpc) is 3.26. The van der Waals surface area contributed by atoms with Gasteiger partial charge in [0, 0.05) is 19.3 Å². The van der Waals surface area contributed by atoms with Gasteiger partial charge in [-0.05, 0) is 25.2 Å². The lowest BCUT2D eigenvalue weighted by Crippen LogP contribution is -2.30. The number of esters is 3. The summed E-state index contributed by atoms with van der Waals surface area (Å²) in [5.74, 6) is 0.0560. The van der Waals surface area contributed by atoms with Crippen LogP contribution in [0.5, 0.6) is 0 Å². The predicted octanol–water partition coefficient (Wildman–Crippen LogP) is 17.8. The van der Waals surface area contributed by atoms with Gasteiger partial charge in [0.15, 0.2) is 6.10 Å². The van der Waals surface area contributed by atoms with Gasteiger partial charge in [0.25, 0.3) is 0 Å². The molecule has 6 nitrogen and oxygen atoms in total. The molecule has 0 aliphatic heterocycles. The maximum absolute atomic E-state index is 12.8. The van der Waals surface area contributed by atoms with Crippen LogP contribution in [-0.2, 0) is 28.6 Å². The number of hydrogen-bond acceptors (Lipinski definition) is 6. The van der Waals surface area contributed by atoms with Crippen LogP contribution in [0.25, 0.3) is 0 Å². The maximum atomic E-state index is 12.8. The van der Waals surface area contributed by atoms with Gasteiger partial charge in [-0.25, -0.2) is 0 Å². The van der Waals surface area contributed by atoms with Crippen molar-refractivity contribution in [2.75, 3.05) is 13.2 Å². The fraction of sp³-hybridized carbons (Fsp3) is 0.945. The number of carbonyl (C=O) groups excluding carboxylic acids is 3. The summed E-state index contributed by atoms with van der Waals surface area (Å²) in [6.07, 6.45) is 52.2. The van der Waals surface area contributed by atoms with Crippen LogP contribution in [0.2, 0.25) is 0 Å². The molecule has 0 aromatic rings. The van der Waals surface area contributed by atoms with Crippen molar-refractivity contribution in [2.45, 2.75) is 316 Å². The number of unbranched alkanes of at least 4 members (excludes halogenated alkanes) is 36. The van der Waals surface area contributed by atoms with E-state index in [2.05, 4.69) is 27.7 Å². The number of carbonyl (C=O) groups is 3. The fourth-order valence-corrected chi connectivity index (χ4v) is 8.36. The Morgan fingerprint density at radius 3 is 0.852 bits per heavy atom. The van der Waals surface area contributed by atoms with Crippen molar-refractivity contribution in [1.82, 2.24) is 0 Å². The van der Waals surface area contributed by atoms with E-state index in [1.54, 1.807) is 0 Å². The van der Waals surface area contributed by atoms with E-state index < -0.39 is 6.10 Å². The average molecular weight is 863 g/mol. The molecule has 0 aromatic heterocycles. The lowest BCUT2D eigenvalue weighted by atomic mass is 9.99. The van der Waals surface area contributed by atoms with E-state index in [0.29, 0.717) is 19.3 Å². The summed E-state index contributed by atoms with van der Waals surface area (Å²) in [5.41, 5.74) is 0. The SMILES string of the molecule is CCCCCCCCCCCCCCCC(=O)OC[C@H](COC(=O)CCCCCCCCCCCCCCCCC(C)CC)OC(=O)CCCCCCCCCCCCCC. The molecule has 6 heteroatoms. The molecule has 0 amide bonds. The number of ether oxygens (including phenoxy) is 3. The molecular weight excluding hydrogens is 757 g/mol. The quantitative estimate of drug-likeness (QED) is 0.0344. The first-order valence-corrected chi connectivity index (χ1v) is 27.4. The summed E-state index contributed by atoms with van der Waals surface area (Å²) in [6.45, 7) is 9.08. The molecule has 0 saturated carbocycles. The van der Waals surface area contributed by atoms with Gasteiger partial charge in [0.2, 0.25) is 0 Å². The highest BCUT2D eigenvalue weighted by molar-refractivity contribution is 5.71. The Balaban J connectivity index is 4.27. The van der Waals surface area contributed by atoms with Crippen LogP contribution in [0, 0.1) is 5.92 Å². The highest BCUT2D eigenvalue weighted by Crippen LogP contribution is 2.18. The summed E-state index contributed by atoms with van der Waals surface area (Å²) >= 11 is 0. The Morgan fingerprint density at radius 2 is 0.574 bits per heavy atom. The zero-order chi connectivity index (χ0) is 44.5. The second kappa shape index (κ2) is 49.4. The Kier molecular flexibility index (Phi) is 48.1. The van der Waals surface area contributed by atoms with Crippen molar-refractivity contribution in [3.05, 3.63) is 0 Å². The number of rotatable bonds is 50. The summed E-state index contributed by atoms with van der Waals surface area (Å²) in [6, 6.07) is 0. The third-order valence-corrected chi connectivity index (χ3v) is 12.9. The molecule has 0 heterocycles. The largest absolute Gasteiger partial charge is 0.462 e. The molecule has 0 bridgehead atoms. The van der Waals surface area contributed by atoms with E-state index in [1.807, 2.05) is 0 Å². The minimum Gasteiger partial charge on any atom is -0.462 e. The van der Waals surface area contributed by atoms with Crippen LogP contribution < -0.4 is 0 Å². The van der Waals surface area contributed by atoms with Crippen molar-refractivity contribution in [3.8, 4) is 0 Å². The monoisotopic (exact) mass is 863 g/mol. The molecule has 61 heavy (non-hydrogen) atoms. The highest BCUT2D eigenvalue weighted by atomic mass is 16.6. The van der Waals surface area contributed by atoms with E-state index in [-0.39, 0.29) is 31.1 Å². The Labute approximate surface area is 380 Å². The molecule has 362 valence electrons. The minimum absolute atomic E-state index is 0.0622. The summed E-state index contributed by atoms with van der Waals surface area (Å²) < 4.78 is 16.8. The van der Waals surface area contributed by atoms with Gasteiger partial charge in [-0.2, -0.15) is 0 Å². The van der Waals surface area contributed by atoms with Crippen molar-refractivity contribution in [1.29, 1.82) is 0 Å². The topological polar surface area (TPSA) is 78.9 Å². The van der Waals surface area contributed by atoms with Gasteiger partial charge in [0.05, 0.1) is 0 Å². The summed E-state index contributed by atoms with van der Waals surface area (Å²) in [7, 11) is 0. The first-order chi connectivity index (χ1) is 29.9. The van der Waals surface area contributed by atoms with Crippen LogP contribution in [0.4, 0.5) is 0 Å². The van der Waals surface area contributed by atoms with Crippen LogP contribution >= 0.6 is 0 Å². The molecule has 0 saturated heterocycles. The van der Waals surface area contributed by atoms with E-state index in [1.165, 1.54) is 205 Å². The normalized spacial score (nSPS) is 12.4. The van der Waals surface area contributed by atoms with E-state index in [0.717, 1.165) is 63.7 Å². The zero-order valence-electron chi connectivity index (χ0n) is 41.6. The smallest absolute Gasteiger partial charge is 0.306 e. The van der Waals surface area contributed by atoms with Crippen LogP contribution in [0.3, 0.4) is 0 Å². The Hall–Kier alpha value is -1.59. The van der Waals surface area contributed by atoms with Gasteiger partial charge < -0.3 is 14.2 Å². The van der Waals surface area contributed by atoms with Crippen LogP contribution in [-0.4, -0.2) is 37.2 Å². The summed E-state index contributed by atoms with van der Waals surface area (Å²) in [4.78, 5) is 38.0. The minimum atomic E-state index is -0.760. The van der Waals surface area contributed by atoms with Crippen molar-refractivity contribution < 1.29 is 28.6 Å². The molecule has 0 radical (unpaired) electrons. The molecule has 0 aliphatic rings. The second-order valence-electron chi connectivity index (χ2n) is 19.1. The van der Waals surface area contributed by atoms with Gasteiger partial charge >= 0.3 is 17.9 Å². The van der Waals surface area contributed by atoms with Gasteiger partial charge in [0.1, 0.15) is 13.2 Å². The molecule has 0 spiro atoms. The molecule has 0 rings (SSSR count). The third kappa shape index (κ3) is 47.7. The zero-order valence-corrected chi connectivity index (χ0v) is 41.6. The van der Waals surface area contributed by atoms with E-state index in [4.69, 9.17) is 14.2 Å². The molecule has 0 aromatic carbocycles. The summed E-state index contributed by atoms with van der Waals surface area (Å²) in [5, 5.41) is 0. The Morgan fingerprint density at radius 1 is 0.328 bits per heavy atom. The van der Waals surface area contributed by atoms with Crippen molar-refractivity contribution in [2.24, 2.45) is 5.92 Å². The predicted molar refractivity (Wildman–Crippen MR) is 261 cm³/mol. The van der Waals surface area contributed by atoms with Gasteiger partial charge in [-0.3, -0.25) is 14.4 Å². The van der Waals surface area contributed by atoms with Gasteiger partial charge in [-0.1, -0.05) is 272 Å². The molecule has 0 fully saturated rings. The standard InChI is InChI=1S/C55H106O6/c1-5-8-10-12-14-16-18-22-27-30-34-38-42-46-53(56)59-49-52(61-55(58)48-44-40-36-32-26-19-17-15-13-11-9-6-2)50-60-54(57)47-43-39-35-31-28-24-21-20-23-25-29-33-37-41-45-51(4)7-3/h51-52H,5-50H2,1-4H3/t51?,52-/m1/s1. The van der Waals surface area contributed by atoms with Crippen molar-refractivity contribution in [3.63, 3.8) is 0 Å². The van der Waals surface area contributed by atoms with Crippen LogP contribution in [0.1, 0.15) is 310 Å². The molecule has 0 aliphatic carbocycles. The van der Waals surface area contributed by atoms with Gasteiger partial charge in [-0.15, -0.1) is 0 Å². The van der Waals surface area contributed by atoms with Crippen LogP contribution in [0.15, 0.2) is 0 Å². The Bertz CT molecular complexity index is 920. The first kappa shape index (κ1) is 59.4. The molecule has 0 N–H and O–H groups in total. The number of hydrogen-bond donors (Lipinski definition) is 0. The van der Waals surface area contributed by atoms with E-state index >= 15 is 0 Å². The molecular formula is C55H106O6. The highest BCUT2D eigenvalue weighted by Gasteiger charge is 2.19. The second-order valence-corrected chi connectivity index (χ2v) is 19.1. The maximum Gasteiger partial charge on any atom is 0.306 e. The lowest BCUT2D eigenvalue weighted by molar-refractivity contribution is -0.167. The lowest BCUT2D eigenvalue weighted by Gasteiger charge is -2.18. The molecule has 1 unspecified atom stereocenters. The molecule has 2 atom stereocenters. The fourth-order valence-electron chi connectivity index (χ4n) is 8.36. The third-order valence-electron chi connectivity index (χ3n) is 12.9. The van der Waals surface area contributed by atoms with E-state index in [9.17, 15) is 14.4 Å². The first-order valence-electron chi connectivity index (χ1n) is 27.4.